The number of hydrogen-bond acceptors (Lipinski definition) is 2. The molecule has 1 aliphatic heterocycles. The Bertz CT molecular complexity index is 892. The molecular formula is C30H45NO. The van der Waals surface area contributed by atoms with Crippen molar-refractivity contribution in [2.45, 2.75) is 93.0 Å². The van der Waals surface area contributed by atoms with Crippen molar-refractivity contribution >= 4 is 17.0 Å². The summed E-state index contributed by atoms with van der Waals surface area (Å²) in [5.74, 6) is 2.16. The molecule has 1 fully saturated rings. The molecule has 176 valence electrons. The third-order valence-corrected chi connectivity index (χ3v) is 8.01. The quantitative estimate of drug-likeness (QED) is 0.272. The van der Waals surface area contributed by atoms with Gasteiger partial charge >= 0.3 is 0 Å². The summed E-state index contributed by atoms with van der Waals surface area (Å²) in [6.45, 7) is 15.8. The molecule has 0 amide bonds. The maximum Gasteiger partial charge on any atom is 0.169 e. The smallest absolute Gasteiger partial charge is 0.169 e. The maximum atomic E-state index is 13.2. The van der Waals surface area contributed by atoms with Gasteiger partial charge in [0.25, 0.3) is 0 Å². The van der Waals surface area contributed by atoms with E-state index in [0.717, 1.165) is 18.4 Å². The first-order chi connectivity index (χ1) is 15.1. The van der Waals surface area contributed by atoms with Gasteiger partial charge in [0, 0.05) is 29.3 Å². The topological polar surface area (TPSA) is 20.3 Å². The Kier molecular flexibility index (Phi) is 7.73. The number of carbonyl (C=O) groups excluding carboxylic acids is 1. The SMILES string of the molecule is CCCC/C(=C\C(CC)CC(C)C)C1C=C(C)c2ccc(C(=O)C3(C)CC3C)cc2N1C. The van der Waals surface area contributed by atoms with E-state index in [1.54, 1.807) is 5.57 Å². The molecule has 0 bridgehead atoms. The summed E-state index contributed by atoms with van der Waals surface area (Å²) in [6, 6.07) is 6.66. The van der Waals surface area contributed by atoms with Crippen LogP contribution in [0, 0.1) is 23.2 Å². The molecule has 0 saturated heterocycles. The first-order valence-corrected chi connectivity index (χ1v) is 12.9. The van der Waals surface area contributed by atoms with Crippen LogP contribution in [0.3, 0.4) is 0 Å². The Morgan fingerprint density at radius 1 is 1.28 bits per heavy atom. The first kappa shape index (κ1) is 24.8. The third-order valence-electron chi connectivity index (χ3n) is 8.01. The predicted molar refractivity (Wildman–Crippen MR) is 139 cm³/mol. The lowest BCUT2D eigenvalue weighted by atomic mass is 9.85. The normalized spacial score (nSPS) is 26.1. The number of rotatable bonds is 10. The monoisotopic (exact) mass is 435 g/mol. The Morgan fingerprint density at radius 3 is 2.53 bits per heavy atom. The van der Waals surface area contributed by atoms with Crippen LogP contribution in [0.4, 0.5) is 5.69 Å². The fourth-order valence-corrected chi connectivity index (χ4v) is 5.44. The van der Waals surface area contributed by atoms with Gasteiger partial charge in [0.2, 0.25) is 0 Å². The summed E-state index contributed by atoms with van der Waals surface area (Å²) in [7, 11) is 2.21. The minimum Gasteiger partial charge on any atom is -0.364 e. The van der Waals surface area contributed by atoms with Gasteiger partial charge in [0.15, 0.2) is 5.78 Å². The van der Waals surface area contributed by atoms with E-state index in [1.165, 1.54) is 42.5 Å². The van der Waals surface area contributed by atoms with Gasteiger partial charge < -0.3 is 4.90 Å². The number of benzene rings is 1. The predicted octanol–water partition coefficient (Wildman–Crippen LogP) is 8.33. The fraction of sp³-hybridized carbons (Fsp3) is 0.633. The lowest BCUT2D eigenvalue weighted by Crippen LogP contribution is -2.35. The lowest BCUT2D eigenvalue weighted by molar-refractivity contribution is 0.0902. The summed E-state index contributed by atoms with van der Waals surface area (Å²) in [6.07, 6.45) is 12.1. The fourth-order valence-electron chi connectivity index (χ4n) is 5.44. The molecule has 3 rings (SSSR count). The Morgan fingerprint density at radius 2 is 1.97 bits per heavy atom. The number of allylic oxidation sites excluding steroid dienone is 2. The zero-order chi connectivity index (χ0) is 23.6. The number of ketones is 1. The number of nitrogens with zero attached hydrogens (tertiary/aromatic N) is 1. The van der Waals surface area contributed by atoms with Crippen LogP contribution in [0.15, 0.2) is 35.9 Å². The molecule has 4 atom stereocenters. The maximum absolute atomic E-state index is 13.2. The highest BCUT2D eigenvalue weighted by molar-refractivity contribution is 6.03. The second-order valence-corrected chi connectivity index (χ2v) is 11.1. The van der Waals surface area contributed by atoms with Crippen molar-refractivity contribution in [1.29, 1.82) is 0 Å². The van der Waals surface area contributed by atoms with Crippen LogP contribution in [0.25, 0.3) is 5.57 Å². The molecule has 0 aromatic heterocycles. The highest BCUT2D eigenvalue weighted by atomic mass is 16.1. The highest BCUT2D eigenvalue weighted by Crippen LogP contribution is 2.54. The van der Waals surface area contributed by atoms with Gasteiger partial charge in [-0.2, -0.15) is 0 Å². The zero-order valence-electron chi connectivity index (χ0n) is 21.8. The average molecular weight is 436 g/mol. The van der Waals surface area contributed by atoms with Crippen molar-refractivity contribution in [3.8, 4) is 0 Å². The number of likely N-dealkylation sites (N-methyl/N-ethyl adjacent to an activating group) is 1. The van der Waals surface area contributed by atoms with Crippen molar-refractivity contribution in [3.63, 3.8) is 0 Å². The summed E-state index contributed by atoms with van der Waals surface area (Å²) in [5, 5.41) is 0. The molecule has 1 aromatic rings. The van der Waals surface area contributed by atoms with Crippen LogP contribution in [-0.2, 0) is 0 Å². The molecule has 1 aliphatic carbocycles. The molecule has 2 nitrogen and oxygen atoms in total. The third kappa shape index (κ3) is 5.05. The zero-order valence-corrected chi connectivity index (χ0v) is 21.8. The van der Waals surface area contributed by atoms with Crippen molar-refractivity contribution in [2.75, 3.05) is 11.9 Å². The van der Waals surface area contributed by atoms with Crippen LogP contribution < -0.4 is 4.90 Å². The van der Waals surface area contributed by atoms with Crippen LogP contribution >= 0.6 is 0 Å². The summed E-state index contributed by atoms with van der Waals surface area (Å²) in [4.78, 5) is 15.6. The van der Waals surface area contributed by atoms with Gasteiger partial charge in [-0.3, -0.25) is 4.79 Å². The molecule has 0 radical (unpaired) electrons. The second-order valence-electron chi connectivity index (χ2n) is 11.1. The number of anilines is 1. The van der Waals surface area contributed by atoms with E-state index >= 15 is 0 Å². The Balaban J connectivity index is 1.96. The van der Waals surface area contributed by atoms with Crippen LogP contribution in [0.1, 0.15) is 103 Å². The van der Waals surface area contributed by atoms with Crippen LogP contribution in [-0.4, -0.2) is 18.9 Å². The van der Waals surface area contributed by atoms with Gasteiger partial charge in [-0.05, 0) is 74.0 Å². The molecule has 2 aliphatic rings. The van der Waals surface area contributed by atoms with Crippen LogP contribution in [0.2, 0.25) is 0 Å². The standard InChI is InChI=1S/C30H45NO/c1-9-11-12-24(17-23(10-2)15-20(3)4)27-16-21(5)26-14-13-25(18-28(26)31(27)8)29(32)30(7)19-22(30)6/h13-14,16-18,20,22-23,27H,9-12,15,19H2,1-8H3/b24-17+. The number of carbonyl (C=O) groups is 1. The summed E-state index contributed by atoms with van der Waals surface area (Å²) < 4.78 is 0. The van der Waals surface area contributed by atoms with Gasteiger partial charge in [-0.25, -0.2) is 0 Å². The molecule has 1 aromatic carbocycles. The van der Waals surface area contributed by atoms with E-state index in [2.05, 4.69) is 84.7 Å². The molecule has 32 heavy (non-hydrogen) atoms. The van der Waals surface area contributed by atoms with E-state index in [4.69, 9.17) is 0 Å². The summed E-state index contributed by atoms with van der Waals surface area (Å²) in [5.41, 5.74) is 6.05. The van der Waals surface area contributed by atoms with E-state index in [1.807, 2.05) is 6.07 Å². The number of unbranched alkanes of at least 4 members (excludes halogenated alkanes) is 1. The average Bonchev–Trinajstić information content (AvgIpc) is 3.39. The lowest BCUT2D eigenvalue weighted by Gasteiger charge is -2.37. The van der Waals surface area contributed by atoms with E-state index < -0.39 is 0 Å². The Hall–Kier alpha value is -1.83. The number of fused-ring (bicyclic) bond motifs is 1. The molecule has 1 heterocycles. The van der Waals surface area contributed by atoms with Gasteiger partial charge in [-0.1, -0.05) is 72.2 Å². The largest absolute Gasteiger partial charge is 0.364 e. The second kappa shape index (κ2) is 9.98. The van der Waals surface area contributed by atoms with Crippen molar-refractivity contribution < 1.29 is 4.79 Å². The molecule has 4 unspecified atom stereocenters. The number of Topliss-reactive ketones (excluding diaryl/α,β-unsaturated/α-hetero) is 1. The molecule has 2 heteroatoms. The minimum atomic E-state index is -0.164. The van der Waals surface area contributed by atoms with E-state index in [9.17, 15) is 4.79 Å². The summed E-state index contributed by atoms with van der Waals surface area (Å²) >= 11 is 0. The van der Waals surface area contributed by atoms with Crippen molar-refractivity contribution in [1.82, 2.24) is 0 Å². The van der Waals surface area contributed by atoms with Crippen molar-refractivity contribution in [3.05, 3.63) is 47.1 Å². The van der Waals surface area contributed by atoms with Gasteiger partial charge in [0.1, 0.15) is 0 Å². The highest BCUT2D eigenvalue weighted by Gasteiger charge is 2.52. The molecular weight excluding hydrogens is 390 g/mol. The van der Waals surface area contributed by atoms with Crippen molar-refractivity contribution in [2.24, 2.45) is 23.2 Å². The minimum absolute atomic E-state index is 0.164. The Labute approximate surface area is 197 Å². The molecule has 0 spiro atoms. The van der Waals surface area contributed by atoms with E-state index in [-0.39, 0.29) is 11.5 Å². The van der Waals surface area contributed by atoms with E-state index in [0.29, 0.717) is 23.5 Å². The molecule has 0 N–H and O–H groups in total. The van der Waals surface area contributed by atoms with Gasteiger partial charge in [-0.15, -0.1) is 0 Å². The molecule has 1 saturated carbocycles. The first-order valence-electron chi connectivity index (χ1n) is 12.9. The number of hydrogen-bond donors (Lipinski definition) is 0. The van der Waals surface area contributed by atoms with Crippen LogP contribution in [0.5, 0.6) is 0 Å². The van der Waals surface area contributed by atoms with Gasteiger partial charge in [0.05, 0.1) is 6.04 Å².